The number of nitrogens with two attached hydrogens (primary N) is 1. The van der Waals surface area contributed by atoms with Crippen molar-refractivity contribution < 1.29 is 4.79 Å². The Morgan fingerprint density at radius 1 is 1.56 bits per heavy atom. The highest BCUT2D eigenvalue weighted by molar-refractivity contribution is 7.18. The molecule has 5 nitrogen and oxygen atoms in total. The number of hydrogen-bond acceptors (Lipinski definition) is 5. The molecule has 0 aromatic carbocycles. The zero-order valence-corrected chi connectivity index (χ0v) is 10.8. The molecule has 0 spiro atoms. The first kappa shape index (κ1) is 12.4. The summed E-state index contributed by atoms with van der Waals surface area (Å²) in [4.78, 5) is 16.1. The third kappa shape index (κ3) is 2.78. The van der Waals surface area contributed by atoms with Gasteiger partial charge in [0.15, 0.2) is 0 Å². The molecule has 0 saturated carbocycles. The maximum Gasteiger partial charge on any atom is 0.263 e. The molecular weight excluding hydrogens is 248 g/mol. The van der Waals surface area contributed by atoms with Gasteiger partial charge in [0.2, 0.25) is 0 Å². The van der Waals surface area contributed by atoms with Crippen molar-refractivity contribution in [3.05, 3.63) is 41.0 Å². The van der Waals surface area contributed by atoms with Crippen LogP contribution >= 0.6 is 11.3 Å². The van der Waals surface area contributed by atoms with Gasteiger partial charge in [-0.15, -0.1) is 11.3 Å². The summed E-state index contributed by atoms with van der Waals surface area (Å²) in [7, 11) is 1.59. The van der Waals surface area contributed by atoms with Crippen LogP contribution in [0.3, 0.4) is 0 Å². The Bertz CT molecular complexity index is 538. The summed E-state index contributed by atoms with van der Waals surface area (Å²) in [6.45, 7) is 0.654. The molecule has 6 heteroatoms. The van der Waals surface area contributed by atoms with Gasteiger partial charge in [0.05, 0.1) is 10.7 Å². The third-order valence-electron chi connectivity index (χ3n) is 2.38. The fourth-order valence-electron chi connectivity index (χ4n) is 1.48. The third-order valence-corrected chi connectivity index (χ3v) is 3.49. The van der Waals surface area contributed by atoms with Gasteiger partial charge in [-0.25, -0.2) is 0 Å². The van der Waals surface area contributed by atoms with Crippen molar-refractivity contribution in [2.45, 2.75) is 6.54 Å². The summed E-state index contributed by atoms with van der Waals surface area (Å²) in [5.74, 6) is -0.160. The van der Waals surface area contributed by atoms with Crippen LogP contribution in [0.4, 0.5) is 10.7 Å². The quantitative estimate of drug-likeness (QED) is 0.783. The van der Waals surface area contributed by atoms with E-state index in [-0.39, 0.29) is 5.91 Å². The summed E-state index contributed by atoms with van der Waals surface area (Å²) in [6.07, 6.45) is 3.53. The molecule has 2 heterocycles. The van der Waals surface area contributed by atoms with Gasteiger partial charge < -0.3 is 16.4 Å². The molecule has 2 aromatic heterocycles. The first-order valence-electron chi connectivity index (χ1n) is 5.45. The van der Waals surface area contributed by atoms with E-state index in [4.69, 9.17) is 5.73 Å². The van der Waals surface area contributed by atoms with Crippen molar-refractivity contribution in [3.63, 3.8) is 0 Å². The molecule has 1 amide bonds. The monoisotopic (exact) mass is 262 g/mol. The number of nitrogens with zero attached hydrogens (tertiary/aromatic N) is 1. The second-order valence-corrected chi connectivity index (χ2v) is 4.74. The highest BCUT2D eigenvalue weighted by Gasteiger charge is 2.12. The molecule has 0 atom stereocenters. The second-order valence-electron chi connectivity index (χ2n) is 3.69. The average molecular weight is 262 g/mol. The van der Waals surface area contributed by atoms with Crippen LogP contribution in [0.15, 0.2) is 30.6 Å². The van der Waals surface area contributed by atoms with Crippen molar-refractivity contribution in [2.24, 2.45) is 0 Å². The predicted octanol–water partition coefficient (Wildman–Crippen LogP) is 1.70. The van der Waals surface area contributed by atoms with E-state index < -0.39 is 0 Å². The molecule has 0 radical (unpaired) electrons. The van der Waals surface area contributed by atoms with Crippen LogP contribution in [0.2, 0.25) is 0 Å². The van der Waals surface area contributed by atoms with E-state index in [0.717, 1.165) is 10.6 Å². The van der Waals surface area contributed by atoms with E-state index >= 15 is 0 Å². The summed E-state index contributed by atoms with van der Waals surface area (Å²) in [6, 6.07) is 5.64. The van der Waals surface area contributed by atoms with Crippen LogP contribution in [0, 0.1) is 0 Å². The number of nitrogen functional groups attached to an aromatic ring is 1. The van der Waals surface area contributed by atoms with E-state index in [1.165, 1.54) is 11.3 Å². The number of nitrogens with one attached hydrogen (secondary N) is 2. The fraction of sp³-hybridized carbons (Fsp3) is 0.167. The van der Waals surface area contributed by atoms with E-state index in [2.05, 4.69) is 15.6 Å². The number of carbonyl (C=O) groups is 1. The lowest BCUT2D eigenvalue weighted by atomic mass is 10.3. The predicted molar refractivity (Wildman–Crippen MR) is 73.7 cm³/mol. The summed E-state index contributed by atoms with van der Waals surface area (Å²) in [5, 5.41) is 6.65. The van der Waals surface area contributed by atoms with Gasteiger partial charge in [-0.3, -0.25) is 9.78 Å². The minimum Gasteiger partial charge on any atom is -0.397 e. The average Bonchev–Trinajstić information content (AvgIpc) is 2.78. The zero-order valence-electron chi connectivity index (χ0n) is 9.93. The zero-order chi connectivity index (χ0) is 13.0. The number of pyridine rings is 1. The van der Waals surface area contributed by atoms with Gasteiger partial charge in [0.1, 0.15) is 4.88 Å². The highest BCUT2D eigenvalue weighted by Crippen LogP contribution is 2.29. The maximum atomic E-state index is 11.5. The molecule has 0 saturated heterocycles. The minimum absolute atomic E-state index is 0.160. The number of amides is 1. The minimum atomic E-state index is -0.160. The number of rotatable bonds is 4. The number of carbonyl (C=O) groups excluding carboxylic acids is 1. The summed E-state index contributed by atoms with van der Waals surface area (Å²) in [5.41, 5.74) is 7.35. The van der Waals surface area contributed by atoms with Crippen LogP contribution in [-0.2, 0) is 6.54 Å². The van der Waals surface area contributed by atoms with E-state index in [0.29, 0.717) is 17.1 Å². The van der Waals surface area contributed by atoms with Gasteiger partial charge >= 0.3 is 0 Å². The lowest BCUT2D eigenvalue weighted by molar-refractivity contribution is 0.0968. The summed E-state index contributed by atoms with van der Waals surface area (Å²) >= 11 is 1.34. The van der Waals surface area contributed by atoms with Crippen LogP contribution in [0.1, 0.15) is 15.2 Å². The Labute approximate surface area is 109 Å². The molecule has 18 heavy (non-hydrogen) atoms. The molecule has 0 aliphatic carbocycles. The van der Waals surface area contributed by atoms with Crippen molar-refractivity contribution in [2.75, 3.05) is 18.1 Å². The lowest BCUT2D eigenvalue weighted by Crippen LogP contribution is -2.17. The van der Waals surface area contributed by atoms with Gasteiger partial charge in [-0.2, -0.15) is 0 Å². The topological polar surface area (TPSA) is 80.0 Å². The SMILES string of the molecule is CNC(=O)c1sc(NCc2cccnc2)cc1N. The first-order chi connectivity index (χ1) is 8.70. The Morgan fingerprint density at radius 3 is 3.06 bits per heavy atom. The van der Waals surface area contributed by atoms with Crippen molar-refractivity contribution in [1.82, 2.24) is 10.3 Å². The molecule has 2 aromatic rings. The molecule has 4 N–H and O–H groups in total. The Morgan fingerprint density at radius 2 is 2.39 bits per heavy atom. The number of thiophene rings is 1. The Balaban J connectivity index is 2.05. The molecule has 0 fully saturated rings. The molecule has 0 unspecified atom stereocenters. The normalized spacial score (nSPS) is 10.1. The van der Waals surface area contributed by atoms with E-state index in [9.17, 15) is 4.79 Å². The van der Waals surface area contributed by atoms with Crippen molar-refractivity contribution in [1.29, 1.82) is 0 Å². The number of hydrogen-bond donors (Lipinski definition) is 3. The maximum absolute atomic E-state index is 11.5. The largest absolute Gasteiger partial charge is 0.397 e. The second kappa shape index (κ2) is 5.50. The molecule has 0 aliphatic heterocycles. The molecule has 2 rings (SSSR count). The first-order valence-corrected chi connectivity index (χ1v) is 6.26. The number of anilines is 2. The molecule has 0 bridgehead atoms. The van der Waals surface area contributed by atoms with E-state index in [1.807, 2.05) is 12.1 Å². The molecule has 0 aliphatic rings. The van der Waals surface area contributed by atoms with Crippen LogP contribution in [-0.4, -0.2) is 17.9 Å². The molecular formula is C12H14N4OS. The van der Waals surface area contributed by atoms with Gasteiger partial charge in [-0.05, 0) is 17.7 Å². The fourth-order valence-corrected chi connectivity index (χ4v) is 2.40. The van der Waals surface area contributed by atoms with Gasteiger partial charge in [0, 0.05) is 26.0 Å². The van der Waals surface area contributed by atoms with Crippen LogP contribution < -0.4 is 16.4 Å². The Hall–Kier alpha value is -2.08. The number of aromatic nitrogens is 1. The molecule has 94 valence electrons. The van der Waals surface area contributed by atoms with Crippen LogP contribution in [0.25, 0.3) is 0 Å². The highest BCUT2D eigenvalue weighted by atomic mass is 32.1. The summed E-state index contributed by atoms with van der Waals surface area (Å²) < 4.78 is 0. The smallest absolute Gasteiger partial charge is 0.263 e. The van der Waals surface area contributed by atoms with Gasteiger partial charge in [0.25, 0.3) is 5.91 Å². The standard InChI is InChI=1S/C12H14N4OS/c1-14-12(17)11-9(13)5-10(18-11)16-7-8-3-2-4-15-6-8/h2-6,16H,7,13H2,1H3,(H,14,17). The van der Waals surface area contributed by atoms with Gasteiger partial charge in [-0.1, -0.05) is 6.07 Å². The Kier molecular flexibility index (Phi) is 3.78. The van der Waals surface area contributed by atoms with Crippen molar-refractivity contribution in [3.8, 4) is 0 Å². The van der Waals surface area contributed by atoms with Crippen LogP contribution in [0.5, 0.6) is 0 Å². The lowest BCUT2D eigenvalue weighted by Gasteiger charge is -2.02. The van der Waals surface area contributed by atoms with E-state index in [1.54, 1.807) is 25.5 Å². The van der Waals surface area contributed by atoms with Crippen molar-refractivity contribution >= 4 is 27.9 Å².